The first-order valence-electron chi connectivity index (χ1n) is 5.26. The minimum atomic E-state index is 0.279. The molecule has 2 aromatic rings. The number of fused-ring (bicyclic) bond motifs is 1. The molecule has 0 bridgehead atoms. The minimum absolute atomic E-state index is 0.279. The number of phenolic OH excluding ortho intramolecular Hbond substituents is 1. The van der Waals surface area contributed by atoms with Crippen molar-refractivity contribution in [3.05, 3.63) is 30.0 Å². The number of aromatic amines is 1. The molecule has 3 heteroatoms. The Hall–Kier alpha value is -1.48. The van der Waals surface area contributed by atoms with Crippen LogP contribution in [-0.4, -0.2) is 16.6 Å². The summed E-state index contributed by atoms with van der Waals surface area (Å²) in [6.07, 6.45) is 0. The summed E-state index contributed by atoms with van der Waals surface area (Å²) in [6, 6.07) is 7.80. The number of hydrogen-bond acceptors (Lipinski definition) is 2. The van der Waals surface area contributed by atoms with Crippen LogP contribution in [0.25, 0.3) is 10.9 Å². The Kier molecular flexibility index (Phi) is 2.64. The second-order valence-electron chi connectivity index (χ2n) is 3.74. The quantitative estimate of drug-likeness (QED) is 0.719. The normalized spacial score (nSPS) is 13.2. The number of benzene rings is 1. The molecule has 0 aliphatic heterocycles. The molecule has 0 amide bonds. The summed E-state index contributed by atoms with van der Waals surface area (Å²) in [7, 11) is 0. The van der Waals surface area contributed by atoms with E-state index in [1.165, 1.54) is 0 Å². The van der Waals surface area contributed by atoms with Crippen LogP contribution < -0.4 is 5.32 Å². The van der Waals surface area contributed by atoms with Gasteiger partial charge in [-0.15, -0.1) is 0 Å². The van der Waals surface area contributed by atoms with Crippen molar-refractivity contribution >= 4 is 10.9 Å². The van der Waals surface area contributed by atoms with Crippen LogP contribution in [0.4, 0.5) is 0 Å². The van der Waals surface area contributed by atoms with E-state index in [1.807, 2.05) is 18.2 Å². The van der Waals surface area contributed by atoms with Gasteiger partial charge in [0.2, 0.25) is 0 Å². The van der Waals surface area contributed by atoms with Crippen molar-refractivity contribution in [3.63, 3.8) is 0 Å². The highest BCUT2D eigenvalue weighted by atomic mass is 16.3. The molecule has 0 radical (unpaired) electrons. The van der Waals surface area contributed by atoms with E-state index >= 15 is 0 Å². The maximum Gasteiger partial charge on any atom is 0.124 e. The van der Waals surface area contributed by atoms with Crippen molar-refractivity contribution in [2.75, 3.05) is 6.54 Å². The van der Waals surface area contributed by atoms with Crippen molar-refractivity contribution in [1.82, 2.24) is 10.3 Å². The summed E-state index contributed by atoms with van der Waals surface area (Å²) >= 11 is 0. The molecule has 0 aliphatic carbocycles. The number of nitrogens with one attached hydrogen (secondary N) is 2. The summed E-state index contributed by atoms with van der Waals surface area (Å²) in [6.45, 7) is 5.12. The Morgan fingerprint density at radius 3 is 2.93 bits per heavy atom. The summed E-state index contributed by atoms with van der Waals surface area (Å²) < 4.78 is 0. The van der Waals surface area contributed by atoms with Gasteiger partial charge >= 0.3 is 0 Å². The van der Waals surface area contributed by atoms with Gasteiger partial charge in [0, 0.05) is 22.6 Å². The molecule has 1 aromatic carbocycles. The molecule has 1 unspecified atom stereocenters. The van der Waals surface area contributed by atoms with E-state index in [0.29, 0.717) is 5.75 Å². The van der Waals surface area contributed by atoms with Gasteiger partial charge in [0.25, 0.3) is 0 Å². The molecular formula is C12H16N2O. The summed E-state index contributed by atoms with van der Waals surface area (Å²) in [5, 5.41) is 13.9. The second-order valence-corrected chi connectivity index (χ2v) is 3.74. The second kappa shape index (κ2) is 3.95. The Labute approximate surface area is 89.1 Å². The highest BCUT2D eigenvalue weighted by Crippen LogP contribution is 2.27. The zero-order valence-corrected chi connectivity index (χ0v) is 9.04. The Morgan fingerprint density at radius 1 is 1.47 bits per heavy atom. The molecule has 1 aromatic heterocycles. The predicted molar refractivity (Wildman–Crippen MR) is 62.1 cm³/mol. The van der Waals surface area contributed by atoms with E-state index < -0.39 is 0 Å². The van der Waals surface area contributed by atoms with Gasteiger partial charge in [0.1, 0.15) is 5.75 Å². The predicted octanol–water partition coefficient (Wildman–Crippen LogP) is 2.54. The first kappa shape index (κ1) is 10.1. The van der Waals surface area contributed by atoms with Crippen molar-refractivity contribution in [2.24, 2.45) is 0 Å². The Morgan fingerprint density at radius 2 is 2.27 bits per heavy atom. The highest BCUT2D eigenvalue weighted by Gasteiger charge is 2.09. The summed E-state index contributed by atoms with van der Waals surface area (Å²) in [5.74, 6) is 0.332. The van der Waals surface area contributed by atoms with Crippen molar-refractivity contribution in [1.29, 1.82) is 0 Å². The third-order valence-electron chi connectivity index (χ3n) is 2.64. The van der Waals surface area contributed by atoms with E-state index in [2.05, 4.69) is 24.1 Å². The maximum absolute atomic E-state index is 9.66. The zero-order chi connectivity index (χ0) is 10.8. The molecule has 1 atom stereocenters. The van der Waals surface area contributed by atoms with Crippen LogP contribution in [0.3, 0.4) is 0 Å². The first-order chi connectivity index (χ1) is 7.22. The lowest BCUT2D eigenvalue weighted by Gasteiger charge is -2.09. The lowest BCUT2D eigenvalue weighted by molar-refractivity contribution is 0.481. The smallest absolute Gasteiger partial charge is 0.124 e. The van der Waals surface area contributed by atoms with E-state index in [9.17, 15) is 5.11 Å². The van der Waals surface area contributed by atoms with Gasteiger partial charge in [-0.05, 0) is 31.7 Å². The SMILES string of the molecule is CCNC(C)c1cc2c(O)cccc2[nH]1. The fourth-order valence-corrected chi connectivity index (χ4v) is 1.81. The molecule has 0 saturated heterocycles. The van der Waals surface area contributed by atoms with Crippen LogP contribution in [-0.2, 0) is 0 Å². The standard InChI is InChI=1S/C12H16N2O/c1-3-13-8(2)11-7-9-10(14-11)5-4-6-12(9)15/h4-8,13-15H,3H2,1-2H3. The first-order valence-corrected chi connectivity index (χ1v) is 5.26. The Balaban J connectivity index is 2.43. The fraction of sp³-hybridized carbons (Fsp3) is 0.333. The minimum Gasteiger partial charge on any atom is -0.507 e. The number of hydrogen-bond donors (Lipinski definition) is 3. The number of rotatable bonds is 3. The fourth-order valence-electron chi connectivity index (χ4n) is 1.81. The summed E-state index contributed by atoms with van der Waals surface area (Å²) in [4.78, 5) is 3.30. The summed E-state index contributed by atoms with van der Waals surface area (Å²) in [5.41, 5.74) is 2.09. The average molecular weight is 204 g/mol. The zero-order valence-electron chi connectivity index (χ0n) is 9.04. The van der Waals surface area contributed by atoms with Crippen LogP contribution in [0, 0.1) is 0 Å². The molecule has 15 heavy (non-hydrogen) atoms. The van der Waals surface area contributed by atoms with Crippen molar-refractivity contribution in [3.8, 4) is 5.75 Å². The van der Waals surface area contributed by atoms with Gasteiger partial charge in [-0.2, -0.15) is 0 Å². The van der Waals surface area contributed by atoms with E-state index in [0.717, 1.165) is 23.1 Å². The van der Waals surface area contributed by atoms with Crippen LogP contribution in [0.2, 0.25) is 0 Å². The van der Waals surface area contributed by atoms with Crippen LogP contribution >= 0.6 is 0 Å². The maximum atomic E-state index is 9.66. The van der Waals surface area contributed by atoms with E-state index in [1.54, 1.807) is 6.07 Å². The Bertz CT molecular complexity index is 462. The van der Waals surface area contributed by atoms with Crippen LogP contribution in [0.5, 0.6) is 5.75 Å². The van der Waals surface area contributed by atoms with Crippen LogP contribution in [0.1, 0.15) is 25.6 Å². The largest absolute Gasteiger partial charge is 0.507 e. The molecule has 0 spiro atoms. The third-order valence-corrected chi connectivity index (χ3v) is 2.64. The van der Waals surface area contributed by atoms with Gasteiger partial charge in [-0.3, -0.25) is 0 Å². The molecule has 0 saturated carbocycles. The molecule has 0 fully saturated rings. The van der Waals surface area contributed by atoms with Gasteiger partial charge in [-0.25, -0.2) is 0 Å². The molecule has 3 N–H and O–H groups in total. The van der Waals surface area contributed by atoms with E-state index in [4.69, 9.17) is 0 Å². The number of aromatic nitrogens is 1. The number of phenols is 1. The molecule has 0 aliphatic rings. The number of aromatic hydroxyl groups is 1. The van der Waals surface area contributed by atoms with Crippen LogP contribution in [0.15, 0.2) is 24.3 Å². The molecule has 3 nitrogen and oxygen atoms in total. The lowest BCUT2D eigenvalue weighted by Crippen LogP contribution is -2.17. The number of H-pyrrole nitrogens is 1. The lowest BCUT2D eigenvalue weighted by atomic mass is 10.2. The van der Waals surface area contributed by atoms with Gasteiger partial charge in [0.15, 0.2) is 0 Å². The topological polar surface area (TPSA) is 48.0 Å². The monoisotopic (exact) mass is 204 g/mol. The van der Waals surface area contributed by atoms with Crippen molar-refractivity contribution < 1.29 is 5.11 Å². The molecule has 2 rings (SSSR count). The molecular weight excluding hydrogens is 188 g/mol. The highest BCUT2D eigenvalue weighted by molar-refractivity contribution is 5.86. The van der Waals surface area contributed by atoms with E-state index in [-0.39, 0.29) is 6.04 Å². The molecule has 1 heterocycles. The average Bonchev–Trinajstić information content (AvgIpc) is 2.63. The van der Waals surface area contributed by atoms with Gasteiger partial charge < -0.3 is 15.4 Å². The third kappa shape index (κ3) is 1.83. The van der Waals surface area contributed by atoms with Crippen molar-refractivity contribution in [2.45, 2.75) is 19.9 Å². The van der Waals surface area contributed by atoms with Gasteiger partial charge in [0.05, 0.1) is 0 Å². The molecule has 80 valence electrons. The van der Waals surface area contributed by atoms with Gasteiger partial charge in [-0.1, -0.05) is 13.0 Å².